The van der Waals surface area contributed by atoms with Gasteiger partial charge in [0.2, 0.25) is 0 Å². The highest BCUT2D eigenvalue weighted by Crippen LogP contribution is 2.46. The summed E-state index contributed by atoms with van der Waals surface area (Å²) in [6, 6.07) is 56.3. The molecular weight excluding hydrogens is 727 g/mol. The Balaban J connectivity index is 1.21. The van der Waals surface area contributed by atoms with Crippen LogP contribution in [0, 0.1) is 0 Å². The molecule has 60 heavy (non-hydrogen) atoms. The molecule has 1 aromatic heterocycles. The maximum Gasteiger partial charge on any atom is 0.136 e. The molecule has 11 rings (SSSR count). The molecule has 0 N–H and O–H groups in total. The molecule has 0 aliphatic heterocycles. The van der Waals surface area contributed by atoms with Gasteiger partial charge >= 0.3 is 0 Å². The minimum atomic E-state index is -0.432. The molecule has 0 saturated carbocycles. The maximum atomic E-state index is 9.90. The summed E-state index contributed by atoms with van der Waals surface area (Å²) in [6.07, 6.45) is 0. The van der Waals surface area contributed by atoms with Gasteiger partial charge in [0.1, 0.15) is 11.2 Å². The number of fused-ring (bicyclic) bond motifs is 4. The first-order valence-corrected chi connectivity index (χ1v) is 19.9. The minimum Gasteiger partial charge on any atom is -0.456 e. The molecule has 0 unspecified atom stereocenters. The summed E-state index contributed by atoms with van der Waals surface area (Å²) in [5, 5.41) is 3.04. The molecule has 0 aliphatic rings. The fourth-order valence-electron chi connectivity index (χ4n) is 8.32. The Bertz CT molecular complexity index is 3750. The van der Waals surface area contributed by atoms with E-state index in [4.69, 9.17) is 4.42 Å². The van der Waals surface area contributed by atoms with E-state index in [2.05, 4.69) is 24.3 Å². The zero-order valence-corrected chi connectivity index (χ0v) is 32.3. The lowest BCUT2D eigenvalue weighted by atomic mass is 9.88. The fraction of sp³-hybridized carbons (Fsp3) is 0. The van der Waals surface area contributed by atoms with Crippen LogP contribution in [-0.2, 0) is 0 Å². The summed E-state index contributed by atoms with van der Waals surface area (Å²) >= 11 is 0. The van der Waals surface area contributed by atoms with Crippen molar-refractivity contribution >= 4 is 49.8 Å². The van der Waals surface area contributed by atoms with Gasteiger partial charge in [-0.2, -0.15) is 0 Å². The van der Waals surface area contributed by atoms with Crippen LogP contribution in [0.4, 0.5) is 17.1 Å². The van der Waals surface area contributed by atoms with E-state index in [0.717, 1.165) is 44.0 Å². The predicted octanol–water partition coefficient (Wildman–Crippen LogP) is 16.5. The molecule has 2 nitrogen and oxygen atoms in total. The lowest BCUT2D eigenvalue weighted by Crippen LogP contribution is -2.11. The van der Waals surface area contributed by atoms with Gasteiger partial charge < -0.3 is 9.32 Å². The second kappa shape index (κ2) is 15.1. The standard InChI is InChI=1S/C58H39NO/c1-2-16-40(17-3-1)48-21-6-7-22-50(48)51-23-8-9-24-52(51)53-25-10-12-29-55(53)59(44-36-32-42(33-37-44)47-27-14-19-41-18-4-5-20-46(41)47)45-38-34-43(35-39-45)49-28-15-31-57-58(49)54-26-11-13-30-56(54)60-57/h1-39H/i32D,33D,34D,35D,36D,37D,38D,39D. The molecule has 0 atom stereocenters. The molecule has 11 aromatic rings. The van der Waals surface area contributed by atoms with E-state index >= 15 is 0 Å². The highest BCUT2D eigenvalue weighted by Gasteiger charge is 2.21. The number of anilines is 3. The first-order valence-electron chi connectivity index (χ1n) is 23.9. The van der Waals surface area contributed by atoms with Crippen LogP contribution < -0.4 is 4.90 Å². The SMILES string of the molecule is [2H]c1c([2H])c(N(c2ccccc2-c2ccccc2-c2ccccc2-c2ccccc2)c2c([2H])c([2H])c(-c3cccc4oc5ccccc5c34)c([2H])c2[2H])c([2H])c([2H])c1-c1cccc2ccccc12. The Kier molecular flexibility index (Phi) is 6.96. The largest absolute Gasteiger partial charge is 0.456 e. The first kappa shape index (κ1) is 27.7. The van der Waals surface area contributed by atoms with Gasteiger partial charge in [0.25, 0.3) is 0 Å². The molecule has 10 aromatic carbocycles. The maximum absolute atomic E-state index is 9.90. The van der Waals surface area contributed by atoms with Gasteiger partial charge in [0.15, 0.2) is 0 Å². The second-order valence-electron chi connectivity index (χ2n) is 14.6. The van der Waals surface area contributed by atoms with Crippen LogP contribution in [0.5, 0.6) is 0 Å². The molecule has 0 aliphatic carbocycles. The van der Waals surface area contributed by atoms with E-state index in [1.165, 1.54) is 4.90 Å². The van der Waals surface area contributed by atoms with Gasteiger partial charge in [0.05, 0.1) is 16.7 Å². The second-order valence-corrected chi connectivity index (χ2v) is 14.6. The Morgan fingerprint density at radius 3 is 1.52 bits per heavy atom. The molecule has 0 bridgehead atoms. The number of rotatable bonds is 8. The van der Waals surface area contributed by atoms with Crippen LogP contribution >= 0.6 is 0 Å². The average molecular weight is 774 g/mol. The molecule has 0 saturated heterocycles. The summed E-state index contributed by atoms with van der Waals surface area (Å²) in [5.41, 5.74) is 7.32. The summed E-state index contributed by atoms with van der Waals surface area (Å²) in [5.74, 6) is 0. The molecule has 2 heteroatoms. The highest BCUT2D eigenvalue weighted by atomic mass is 16.3. The Morgan fingerprint density at radius 2 is 0.783 bits per heavy atom. The quantitative estimate of drug-likeness (QED) is 0.153. The van der Waals surface area contributed by atoms with Crippen molar-refractivity contribution in [3.8, 4) is 55.6 Å². The van der Waals surface area contributed by atoms with Crippen molar-refractivity contribution in [2.24, 2.45) is 0 Å². The van der Waals surface area contributed by atoms with Crippen molar-refractivity contribution in [3.63, 3.8) is 0 Å². The van der Waals surface area contributed by atoms with Crippen molar-refractivity contribution in [2.45, 2.75) is 0 Å². The zero-order valence-electron chi connectivity index (χ0n) is 40.3. The molecule has 0 fully saturated rings. The number of benzene rings is 10. The van der Waals surface area contributed by atoms with Crippen LogP contribution in [0.25, 0.3) is 88.3 Å². The summed E-state index contributed by atoms with van der Waals surface area (Å²) in [6.45, 7) is 0. The Labute approximate surface area is 361 Å². The topological polar surface area (TPSA) is 16.4 Å². The van der Waals surface area contributed by atoms with E-state index in [9.17, 15) is 11.0 Å². The zero-order chi connectivity index (χ0) is 46.8. The van der Waals surface area contributed by atoms with Gasteiger partial charge in [0, 0.05) is 27.7 Å². The van der Waals surface area contributed by atoms with Crippen molar-refractivity contribution in [2.75, 3.05) is 4.90 Å². The third kappa shape index (κ3) is 6.23. The van der Waals surface area contributed by atoms with E-state index in [1.807, 2.05) is 133 Å². The molecule has 1 heterocycles. The molecule has 0 spiro atoms. The minimum absolute atomic E-state index is 0.0582. The van der Waals surface area contributed by atoms with Crippen molar-refractivity contribution in [1.29, 1.82) is 0 Å². The van der Waals surface area contributed by atoms with Crippen LogP contribution in [0.1, 0.15) is 11.0 Å². The highest BCUT2D eigenvalue weighted by molar-refractivity contribution is 6.12. The normalized spacial score (nSPS) is 13.2. The number of nitrogens with zero attached hydrogens (tertiary/aromatic N) is 1. The third-order valence-electron chi connectivity index (χ3n) is 11.1. The van der Waals surface area contributed by atoms with Crippen LogP contribution in [0.15, 0.2) is 241 Å². The molecular formula is C58H39NO. The summed E-state index contributed by atoms with van der Waals surface area (Å²) in [7, 11) is 0. The van der Waals surface area contributed by atoms with Crippen LogP contribution in [-0.4, -0.2) is 0 Å². The average Bonchev–Trinajstić information content (AvgIpc) is 3.77. The van der Waals surface area contributed by atoms with Gasteiger partial charge in [-0.25, -0.2) is 0 Å². The molecule has 282 valence electrons. The van der Waals surface area contributed by atoms with Gasteiger partial charge in [-0.15, -0.1) is 0 Å². The van der Waals surface area contributed by atoms with Crippen LogP contribution in [0.3, 0.4) is 0 Å². The number of para-hydroxylation sites is 2. The number of hydrogen-bond acceptors (Lipinski definition) is 2. The summed E-state index contributed by atoms with van der Waals surface area (Å²) in [4.78, 5) is 1.40. The lowest BCUT2D eigenvalue weighted by Gasteiger charge is -2.29. The van der Waals surface area contributed by atoms with Crippen molar-refractivity contribution in [3.05, 3.63) is 236 Å². The Morgan fingerprint density at radius 1 is 0.317 bits per heavy atom. The number of furan rings is 1. The van der Waals surface area contributed by atoms with Crippen molar-refractivity contribution < 1.29 is 15.4 Å². The van der Waals surface area contributed by atoms with E-state index < -0.39 is 24.2 Å². The van der Waals surface area contributed by atoms with Gasteiger partial charge in [-0.1, -0.05) is 194 Å². The Hall–Kier alpha value is -7.94. The van der Waals surface area contributed by atoms with Crippen LogP contribution in [0.2, 0.25) is 0 Å². The first-order chi connectivity index (χ1) is 33.1. The fourth-order valence-corrected chi connectivity index (χ4v) is 8.32. The molecule has 0 radical (unpaired) electrons. The van der Waals surface area contributed by atoms with E-state index in [1.54, 1.807) is 30.3 Å². The van der Waals surface area contributed by atoms with E-state index in [0.29, 0.717) is 38.9 Å². The monoisotopic (exact) mass is 773 g/mol. The smallest absolute Gasteiger partial charge is 0.136 e. The third-order valence-corrected chi connectivity index (χ3v) is 11.1. The lowest BCUT2D eigenvalue weighted by molar-refractivity contribution is 0.669. The number of hydrogen-bond donors (Lipinski definition) is 0. The molecule has 0 amide bonds. The van der Waals surface area contributed by atoms with Gasteiger partial charge in [-0.3, -0.25) is 0 Å². The van der Waals surface area contributed by atoms with E-state index in [-0.39, 0.29) is 46.7 Å². The van der Waals surface area contributed by atoms with Crippen molar-refractivity contribution in [1.82, 2.24) is 0 Å². The van der Waals surface area contributed by atoms with Gasteiger partial charge in [-0.05, 0) is 103 Å². The predicted molar refractivity (Wildman–Crippen MR) is 253 cm³/mol. The summed E-state index contributed by atoms with van der Waals surface area (Å²) < 4.78 is 84.4.